The lowest BCUT2D eigenvalue weighted by atomic mass is 10.1. The van der Waals surface area contributed by atoms with Crippen LogP contribution < -0.4 is 10.1 Å². The fourth-order valence-electron chi connectivity index (χ4n) is 1.73. The predicted molar refractivity (Wildman–Crippen MR) is 84.0 cm³/mol. The number of hydrogen-bond acceptors (Lipinski definition) is 3. The largest absolute Gasteiger partial charge is 0.481 e. The van der Waals surface area contributed by atoms with Crippen LogP contribution in [-0.2, 0) is 11.2 Å². The summed E-state index contributed by atoms with van der Waals surface area (Å²) in [6, 6.07) is 13.3. The molecule has 0 radical (unpaired) electrons. The van der Waals surface area contributed by atoms with Crippen LogP contribution in [0.25, 0.3) is 0 Å². The van der Waals surface area contributed by atoms with Crippen molar-refractivity contribution >= 4 is 27.5 Å². The quantitative estimate of drug-likeness (QED) is 0.882. The van der Waals surface area contributed by atoms with Gasteiger partial charge in [0.1, 0.15) is 0 Å². The summed E-state index contributed by atoms with van der Waals surface area (Å²) in [5.41, 5.74) is 1.46. The highest BCUT2D eigenvalue weighted by Crippen LogP contribution is 2.21. The minimum atomic E-state index is -0.539. The van der Waals surface area contributed by atoms with Gasteiger partial charge in [-0.3, -0.25) is 4.79 Å². The number of nitrogens with one attached hydrogen (secondary N) is 1. The Balaban J connectivity index is 1.89. The van der Waals surface area contributed by atoms with Gasteiger partial charge in [-0.15, -0.1) is 0 Å². The fraction of sp³-hybridized carbons (Fsp3) is 0.125. The van der Waals surface area contributed by atoms with E-state index in [9.17, 15) is 9.18 Å². The van der Waals surface area contributed by atoms with Crippen LogP contribution in [0.5, 0.6) is 5.75 Å². The summed E-state index contributed by atoms with van der Waals surface area (Å²) < 4.78 is 19.3. The molecule has 0 aromatic heterocycles. The van der Waals surface area contributed by atoms with E-state index in [0.717, 1.165) is 5.56 Å². The van der Waals surface area contributed by atoms with Crippen LogP contribution in [0.3, 0.4) is 0 Å². The Morgan fingerprint density at radius 1 is 1.27 bits per heavy atom. The summed E-state index contributed by atoms with van der Waals surface area (Å²) in [6.45, 7) is -0.293. The van der Waals surface area contributed by atoms with Gasteiger partial charge in [0.25, 0.3) is 5.91 Å². The van der Waals surface area contributed by atoms with Gasteiger partial charge < -0.3 is 10.1 Å². The van der Waals surface area contributed by atoms with Gasteiger partial charge in [0.15, 0.2) is 18.2 Å². The molecule has 0 fully saturated rings. The average Bonchev–Trinajstić information content (AvgIpc) is 2.49. The van der Waals surface area contributed by atoms with E-state index in [0.29, 0.717) is 16.6 Å². The highest BCUT2D eigenvalue weighted by Gasteiger charge is 2.08. The van der Waals surface area contributed by atoms with Crippen molar-refractivity contribution in [1.29, 1.82) is 5.26 Å². The Labute approximate surface area is 135 Å². The second-order valence-corrected chi connectivity index (χ2v) is 5.36. The third kappa shape index (κ3) is 4.57. The van der Waals surface area contributed by atoms with Gasteiger partial charge in [0.05, 0.1) is 12.5 Å². The first-order chi connectivity index (χ1) is 10.6. The van der Waals surface area contributed by atoms with Gasteiger partial charge >= 0.3 is 0 Å². The van der Waals surface area contributed by atoms with Gasteiger partial charge in [-0.25, -0.2) is 4.39 Å². The molecule has 6 heteroatoms. The van der Waals surface area contributed by atoms with E-state index in [-0.39, 0.29) is 12.4 Å². The lowest BCUT2D eigenvalue weighted by Crippen LogP contribution is -2.20. The highest BCUT2D eigenvalue weighted by atomic mass is 79.9. The molecule has 0 bridgehead atoms. The van der Waals surface area contributed by atoms with E-state index in [1.807, 2.05) is 6.07 Å². The Bertz CT molecular complexity index is 711. The number of nitriles is 1. The first kappa shape index (κ1) is 16.0. The molecule has 112 valence electrons. The van der Waals surface area contributed by atoms with Gasteiger partial charge in [0, 0.05) is 10.2 Å². The molecule has 0 heterocycles. The lowest BCUT2D eigenvalue weighted by Gasteiger charge is -2.08. The van der Waals surface area contributed by atoms with Crippen LogP contribution in [-0.4, -0.2) is 12.5 Å². The summed E-state index contributed by atoms with van der Waals surface area (Å²) in [5, 5.41) is 11.2. The van der Waals surface area contributed by atoms with Gasteiger partial charge in [0.2, 0.25) is 0 Å². The number of carbonyl (C=O) groups is 1. The summed E-state index contributed by atoms with van der Waals surface area (Å²) in [7, 11) is 0. The van der Waals surface area contributed by atoms with E-state index in [1.54, 1.807) is 30.3 Å². The highest BCUT2D eigenvalue weighted by molar-refractivity contribution is 9.10. The predicted octanol–water partition coefficient (Wildman–Crippen LogP) is 3.67. The van der Waals surface area contributed by atoms with Crippen molar-refractivity contribution < 1.29 is 13.9 Å². The standard InChI is InChI=1S/C16H12BrFN2O2/c17-12-3-6-15(14(18)9-12)22-10-16(21)20-13-4-1-11(2-5-13)7-8-19/h1-6,9H,7,10H2,(H,20,21). The molecule has 0 atom stereocenters. The molecular weight excluding hydrogens is 351 g/mol. The van der Waals surface area contributed by atoms with Crippen LogP contribution in [0.2, 0.25) is 0 Å². The number of benzene rings is 2. The normalized spacial score (nSPS) is 9.86. The molecule has 0 aliphatic rings. The van der Waals surface area contributed by atoms with Gasteiger partial charge in [-0.1, -0.05) is 28.1 Å². The van der Waals surface area contributed by atoms with E-state index < -0.39 is 11.7 Å². The van der Waals surface area contributed by atoms with Crippen LogP contribution in [0.1, 0.15) is 5.56 Å². The van der Waals surface area contributed by atoms with Crippen molar-refractivity contribution in [2.45, 2.75) is 6.42 Å². The minimum Gasteiger partial charge on any atom is -0.481 e. The molecule has 1 N–H and O–H groups in total. The molecule has 0 aliphatic carbocycles. The van der Waals surface area contributed by atoms with Crippen LogP contribution in [0.4, 0.5) is 10.1 Å². The van der Waals surface area contributed by atoms with E-state index >= 15 is 0 Å². The first-order valence-corrected chi connectivity index (χ1v) is 7.21. The van der Waals surface area contributed by atoms with Crippen molar-refractivity contribution in [2.24, 2.45) is 0 Å². The number of nitrogens with zero attached hydrogens (tertiary/aromatic N) is 1. The zero-order valence-electron chi connectivity index (χ0n) is 11.5. The maximum Gasteiger partial charge on any atom is 0.262 e. The summed E-state index contributed by atoms with van der Waals surface area (Å²) in [5.74, 6) is -0.916. The van der Waals surface area contributed by atoms with Crippen molar-refractivity contribution in [1.82, 2.24) is 0 Å². The molecule has 0 saturated carbocycles. The third-order valence-corrected chi connectivity index (χ3v) is 3.27. The first-order valence-electron chi connectivity index (χ1n) is 6.42. The van der Waals surface area contributed by atoms with Crippen LogP contribution in [0.15, 0.2) is 46.9 Å². The molecule has 0 saturated heterocycles. The minimum absolute atomic E-state index is 0.0164. The number of hydrogen-bond donors (Lipinski definition) is 1. The molecule has 2 aromatic rings. The third-order valence-electron chi connectivity index (χ3n) is 2.77. The molecule has 2 rings (SSSR count). The van der Waals surface area contributed by atoms with E-state index in [4.69, 9.17) is 10.00 Å². The maximum atomic E-state index is 13.5. The SMILES string of the molecule is N#CCc1ccc(NC(=O)COc2ccc(Br)cc2F)cc1. The number of halogens is 2. The second-order valence-electron chi connectivity index (χ2n) is 4.44. The average molecular weight is 363 g/mol. The van der Waals surface area contributed by atoms with Crippen LogP contribution >= 0.6 is 15.9 Å². The van der Waals surface area contributed by atoms with Gasteiger partial charge in [-0.2, -0.15) is 5.26 Å². The van der Waals surface area contributed by atoms with Crippen molar-refractivity contribution in [2.75, 3.05) is 11.9 Å². The molecule has 0 aliphatic heterocycles. The monoisotopic (exact) mass is 362 g/mol. The Kier molecular flexibility index (Phi) is 5.50. The number of amides is 1. The number of carbonyl (C=O) groups excluding carboxylic acids is 1. The Morgan fingerprint density at radius 2 is 2.00 bits per heavy atom. The molecule has 22 heavy (non-hydrogen) atoms. The Hall–Kier alpha value is -2.39. The number of ether oxygens (including phenoxy) is 1. The van der Waals surface area contributed by atoms with E-state index in [1.165, 1.54) is 12.1 Å². The maximum absolute atomic E-state index is 13.5. The number of anilines is 1. The molecule has 2 aromatic carbocycles. The molecule has 4 nitrogen and oxygen atoms in total. The van der Waals surface area contributed by atoms with Crippen molar-refractivity contribution in [3.05, 3.63) is 58.3 Å². The second kappa shape index (κ2) is 7.57. The Morgan fingerprint density at radius 3 is 2.64 bits per heavy atom. The molecule has 1 amide bonds. The van der Waals surface area contributed by atoms with Crippen molar-refractivity contribution in [3.63, 3.8) is 0 Å². The molecular formula is C16H12BrFN2O2. The van der Waals surface area contributed by atoms with Crippen molar-refractivity contribution in [3.8, 4) is 11.8 Å². The van der Waals surface area contributed by atoms with Gasteiger partial charge in [-0.05, 0) is 35.9 Å². The molecule has 0 spiro atoms. The fourth-order valence-corrected chi connectivity index (χ4v) is 2.06. The summed E-state index contributed by atoms with van der Waals surface area (Å²) in [6.07, 6.45) is 0.320. The summed E-state index contributed by atoms with van der Waals surface area (Å²) in [4.78, 5) is 11.8. The molecule has 0 unspecified atom stereocenters. The van der Waals surface area contributed by atoms with Crippen LogP contribution in [0, 0.1) is 17.1 Å². The smallest absolute Gasteiger partial charge is 0.262 e. The number of rotatable bonds is 5. The summed E-state index contributed by atoms with van der Waals surface area (Å²) >= 11 is 3.14. The topological polar surface area (TPSA) is 62.1 Å². The zero-order valence-corrected chi connectivity index (χ0v) is 13.1. The lowest BCUT2D eigenvalue weighted by molar-refractivity contribution is -0.118. The zero-order chi connectivity index (χ0) is 15.9. The van der Waals surface area contributed by atoms with E-state index in [2.05, 4.69) is 21.2 Å².